The third-order valence-electron chi connectivity index (χ3n) is 5.82. The lowest BCUT2D eigenvalue weighted by Gasteiger charge is -2.29. The minimum Gasteiger partial charge on any atom is -0.497 e. The summed E-state index contributed by atoms with van der Waals surface area (Å²) in [6.07, 6.45) is 2.03. The van der Waals surface area contributed by atoms with Crippen LogP contribution in [0.1, 0.15) is 34.5 Å². The fourth-order valence-corrected chi connectivity index (χ4v) is 4.15. The Morgan fingerprint density at radius 3 is 2.64 bits per heavy atom. The second-order valence-electron chi connectivity index (χ2n) is 7.70. The molecule has 0 radical (unpaired) electrons. The number of carbonyl (C=O) groups excluding carboxylic acids is 1. The van der Waals surface area contributed by atoms with Crippen molar-refractivity contribution in [3.8, 4) is 5.75 Å². The number of hydrogen-bond donors (Lipinski definition) is 3. The second-order valence-corrected chi connectivity index (χ2v) is 7.70. The summed E-state index contributed by atoms with van der Waals surface area (Å²) in [5, 5.41) is 4.27. The Bertz CT molecular complexity index is 957. The highest BCUT2D eigenvalue weighted by Gasteiger charge is 2.25. The predicted octanol–water partition coefficient (Wildman–Crippen LogP) is 2.46. The van der Waals surface area contributed by atoms with Gasteiger partial charge in [-0.2, -0.15) is 0 Å². The molecule has 1 amide bonds. The van der Waals surface area contributed by atoms with E-state index in [1.165, 1.54) is 5.56 Å². The van der Waals surface area contributed by atoms with Crippen LogP contribution in [0.15, 0.2) is 48.5 Å². The SMILES string of the molecule is COc1ccc2[nH]c(C(=O)NC3CC[NH+](Cc4ccccc4)CC3)c(C)c2c1. The molecule has 1 aliphatic heterocycles. The summed E-state index contributed by atoms with van der Waals surface area (Å²) >= 11 is 0. The molecule has 1 aromatic heterocycles. The topological polar surface area (TPSA) is 58.6 Å². The average Bonchev–Trinajstić information content (AvgIpc) is 3.06. The molecule has 0 spiro atoms. The number of amides is 1. The highest BCUT2D eigenvalue weighted by Crippen LogP contribution is 2.26. The number of ether oxygens (including phenoxy) is 1. The van der Waals surface area contributed by atoms with E-state index in [0.717, 1.165) is 54.7 Å². The van der Waals surface area contributed by atoms with Gasteiger partial charge in [-0.05, 0) is 30.7 Å². The van der Waals surface area contributed by atoms with Gasteiger partial charge in [-0.3, -0.25) is 4.79 Å². The maximum absolute atomic E-state index is 12.8. The van der Waals surface area contributed by atoms with E-state index in [-0.39, 0.29) is 11.9 Å². The van der Waals surface area contributed by atoms with E-state index >= 15 is 0 Å². The molecular formula is C23H28N3O2+. The highest BCUT2D eigenvalue weighted by molar-refractivity contribution is 6.01. The van der Waals surface area contributed by atoms with E-state index in [2.05, 4.69) is 40.6 Å². The molecule has 0 unspecified atom stereocenters. The van der Waals surface area contributed by atoms with Crippen LogP contribution in [0.4, 0.5) is 0 Å². The van der Waals surface area contributed by atoms with Gasteiger partial charge in [0.05, 0.1) is 20.2 Å². The molecule has 0 atom stereocenters. The van der Waals surface area contributed by atoms with Gasteiger partial charge in [0.25, 0.3) is 5.91 Å². The Kier molecular flexibility index (Phi) is 5.35. The van der Waals surface area contributed by atoms with Crippen LogP contribution in [-0.2, 0) is 6.54 Å². The lowest BCUT2D eigenvalue weighted by Crippen LogP contribution is -3.12. The fraction of sp³-hybridized carbons (Fsp3) is 0.348. The zero-order chi connectivity index (χ0) is 19.5. The number of quaternary nitrogens is 1. The van der Waals surface area contributed by atoms with Gasteiger partial charge < -0.3 is 19.9 Å². The smallest absolute Gasteiger partial charge is 0.268 e. The van der Waals surface area contributed by atoms with Crippen LogP contribution in [-0.4, -0.2) is 37.1 Å². The molecule has 0 bridgehead atoms. The number of rotatable bonds is 5. The lowest BCUT2D eigenvalue weighted by atomic mass is 10.0. The van der Waals surface area contributed by atoms with Crippen LogP contribution >= 0.6 is 0 Å². The van der Waals surface area contributed by atoms with Crippen molar-refractivity contribution in [2.75, 3.05) is 20.2 Å². The summed E-state index contributed by atoms with van der Waals surface area (Å²) in [6, 6.07) is 16.7. The molecule has 1 aliphatic rings. The zero-order valence-corrected chi connectivity index (χ0v) is 16.5. The maximum Gasteiger partial charge on any atom is 0.268 e. The first kappa shape index (κ1) is 18.6. The molecule has 3 N–H and O–H groups in total. The van der Waals surface area contributed by atoms with Crippen LogP contribution in [0.25, 0.3) is 10.9 Å². The van der Waals surface area contributed by atoms with Crippen LogP contribution in [0.2, 0.25) is 0 Å². The van der Waals surface area contributed by atoms with Crippen molar-refractivity contribution in [2.45, 2.75) is 32.4 Å². The monoisotopic (exact) mass is 378 g/mol. The number of aromatic amines is 1. The van der Waals surface area contributed by atoms with E-state index in [1.54, 1.807) is 12.0 Å². The molecule has 28 heavy (non-hydrogen) atoms. The number of fused-ring (bicyclic) bond motifs is 1. The van der Waals surface area contributed by atoms with Crippen molar-refractivity contribution >= 4 is 16.8 Å². The molecule has 1 fully saturated rings. The van der Waals surface area contributed by atoms with Gasteiger partial charge >= 0.3 is 0 Å². The molecule has 0 saturated carbocycles. The Hall–Kier alpha value is -2.79. The zero-order valence-electron chi connectivity index (χ0n) is 16.5. The van der Waals surface area contributed by atoms with Crippen LogP contribution in [0, 0.1) is 6.92 Å². The number of aromatic nitrogens is 1. The Morgan fingerprint density at radius 2 is 1.93 bits per heavy atom. The highest BCUT2D eigenvalue weighted by atomic mass is 16.5. The molecule has 0 aliphatic carbocycles. The number of methoxy groups -OCH3 is 1. The van der Waals surface area contributed by atoms with Gasteiger partial charge in [0, 0.05) is 35.3 Å². The van der Waals surface area contributed by atoms with Crippen molar-refractivity contribution in [1.82, 2.24) is 10.3 Å². The predicted molar refractivity (Wildman–Crippen MR) is 111 cm³/mol. The summed E-state index contributed by atoms with van der Waals surface area (Å²) in [6.45, 7) is 5.22. The van der Waals surface area contributed by atoms with E-state index in [1.807, 2.05) is 25.1 Å². The third-order valence-corrected chi connectivity index (χ3v) is 5.82. The summed E-state index contributed by atoms with van der Waals surface area (Å²) < 4.78 is 5.30. The average molecular weight is 378 g/mol. The molecule has 4 rings (SSSR count). The summed E-state index contributed by atoms with van der Waals surface area (Å²) in [5.74, 6) is 0.791. The van der Waals surface area contributed by atoms with Crippen LogP contribution in [0.3, 0.4) is 0 Å². The number of piperidine rings is 1. The molecule has 3 aromatic rings. The van der Waals surface area contributed by atoms with E-state index in [0.29, 0.717) is 5.69 Å². The van der Waals surface area contributed by atoms with E-state index in [9.17, 15) is 4.79 Å². The Balaban J connectivity index is 1.37. The van der Waals surface area contributed by atoms with E-state index < -0.39 is 0 Å². The van der Waals surface area contributed by atoms with E-state index in [4.69, 9.17) is 4.74 Å². The normalized spacial score (nSPS) is 19.5. The molecule has 5 heteroatoms. The third kappa shape index (κ3) is 3.90. The summed E-state index contributed by atoms with van der Waals surface area (Å²) in [5.41, 5.74) is 3.97. The van der Waals surface area contributed by atoms with Crippen LogP contribution < -0.4 is 15.0 Å². The molecule has 1 saturated heterocycles. The maximum atomic E-state index is 12.8. The molecule has 2 heterocycles. The first-order chi connectivity index (χ1) is 13.6. The molecule has 146 valence electrons. The number of aryl methyl sites for hydroxylation is 1. The van der Waals surface area contributed by atoms with Gasteiger partial charge in [-0.15, -0.1) is 0 Å². The summed E-state index contributed by atoms with van der Waals surface area (Å²) in [7, 11) is 1.66. The summed E-state index contributed by atoms with van der Waals surface area (Å²) in [4.78, 5) is 17.7. The van der Waals surface area contributed by atoms with Crippen molar-refractivity contribution in [3.05, 3.63) is 65.4 Å². The molecule has 2 aromatic carbocycles. The largest absolute Gasteiger partial charge is 0.497 e. The Labute approximate surface area is 165 Å². The first-order valence-corrected chi connectivity index (χ1v) is 9.98. The number of likely N-dealkylation sites (tertiary alicyclic amines) is 1. The van der Waals surface area contributed by atoms with Gasteiger partial charge in [0.15, 0.2) is 0 Å². The van der Waals surface area contributed by atoms with Crippen molar-refractivity contribution in [1.29, 1.82) is 0 Å². The second kappa shape index (κ2) is 8.07. The molecule has 5 nitrogen and oxygen atoms in total. The quantitative estimate of drug-likeness (QED) is 0.639. The minimum absolute atomic E-state index is 0.0100. The van der Waals surface area contributed by atoms with Gasteiger partial charge in [0.2, 0.25) is 0 Å². The van der Waals surface area contributed by atoms with Gasteiger partial charge in [-0.25, -0.2) is 0 Å². The van der Waals surface area contributed by atoms with Crippen molar-refractivity contribution in [2.24, 2.45) is 0 Å². The molecular weight excluding hydrogens is 350 g/mol. The number of nitrogens with one attached hydrogen (secondary N) is 3. The van der Waals surface area contributed by atoms with Crippen LogP contribution in [0.5, 0.6) is 5.75 Å². The number of hydrogen-bond acceptors (Lipinski definition) is 2. The standard InChI is InChI=1S/C23H27N3O2/c1-16-20-14-19(28-2)8-9-21(20)25-22(16)23(27)24-18-10-12-26(13-11-18)15-17-6-4-3-5-7-17/h3-9,14,18,25H,10-13,15H2,1-2H3,(H,24,27)/p+1. The lowest BCUT2D eigenvalue weighted by molar-refractivity contribution is -0.918. The number of H-pyrrole nitrogens is 1. The Morgan fingerprint density at radius 1 is 1.18 bits per heavy atom. The minimum atomic E-state index is -0.0100. The van der Waals surface area contributed by atoms with Crippen molar-refractivity contribution < 1.29 is 14.4 Å². The first-order valence-electron chi connectivity index (χ1n) is 9.98. The van der Waals surface area contributed by atoms with Gasteiger partial charge in [-0.1, -0.05) is 30.3 Å². The number of benzene rings is 2. The van der Waals surface area contributed by atoms with Crippen molar-refractivity contribution in [3.63, 3.8) is 0 Å². The number of carbonyl (C=O) groups is 1. The fourth-order valence-electron chi connectivity index (χ4n) is 4.15. The van der Waals surface area contributed by atoms with Gasteiger partial charge in [0.1, 0.15) is 18.0 Å².